The van der Waals surface area contributed by atoms with Crippen molar-refractivity contribution in [1.82, 2.24) is 4.57 Å². The summed E-state index contributed by atoms with van der Waals surface area (Å²) >= 11 is 0. The van der Waals surface area contributed by atoms with E-state index in [0.717, 1.165) is 24.1 Å². The Bertz CT molecular complexity index is 379. The Morgan fingerprint density at radius 1 is 1.00 bits per heavy atom. The summed E-state index contributed by atoms with van der Waals surface area (Å²) in [5.74, 6) is 0. The van der Waals surface area contributed by atoms with E-state index >= 15 is 0 Å². The predicted molar refractivity (Wildman–Crippen MR) is 81.9 cm³/mol. The molecule has 1 heterocycles. The van der Waals surface area contributed by atoms with Gasteiger partial charge in [0.1, 0.15) is 0 Å². The highest BCUT2D eigenvalue weighted by Crippen LogP contribution is 2.15. The van der Waals surface area contributed by atoms with E-state index < -0.39 is 0 Å². The van der Waals surface area contributed by atoms with Crippen molar-refractivity contribution in [3.8, 4) is 0 Å². The molecule has 0 radical (unpaired) electrons. The van der Waals surface area contributed by atoms with Crippen LogP contribution in [0.4, 0.5) is 0 Å². The molecule has 0 unspecified atom stereocenters. The molecule has 0 aromatic carbocycles. The average Bonchev–Trinajstić information content (AvgIpc) is 2.68. The molecule has 0 aliphatic heterocycles. The smallest absolute Gasteiger partial charge is 0.151 e. The summed E-state index contributed by atoms with van der Waals surface area (Å²) in [6.07, 6.45) is 11.7. The van der Waals surface area contributed by atoms with E-state index in [4.69, 9.17) is 0 Å². The Labute approximate surface area is 118 Å². The van der Waals surface area contributed by atoms with Gasteiger partial charge >= 0.3 is 0 Å². The van der Waals surface area contributed by atoms with Gasteiger partial charge in [-0.25, -0.2) is 0 Å². The molecular weight excluding hydrogens is 234 g/mol. The molecule has 0 spiro atoms. The lowest BCUT2D eigenvalue weighted by Crippen LogP contribution is -2.03. The minimum Gasteiger partial charge on any atom is -0.348 e. The summed E-state index contributed by atoms with van der Waals surface area (Å²) in [6.45, 7) is 7.45. The van der Waals surface area contributed by atoms with E-state index in [1.54, 1.807) is 0 Å². The monoisotopic (exact) mass is 263 g/mol. The van der Waals surface area contributed by atoms with E-state index in [9.17, 15) is 4.79 Å². The Morgan fingerprint density at radius 3 is 2.11 bits per heavy atom. The van der Waals surface area contributed by atoms with Gasteiger partial charge in [0.15, 0.2) is 6.29 Å². The predicted octanol–water partition coefficient (Wildman–Crippen LogP) is 5.06. The van der Waals surface area contributed by atoms with E-state index in [-0.39, 0.29) is 0 Å². The van der Waals surface area contributed by atoms with Crippen molar-refractivity contribution in [3.05, 3.63) is 23.0 Å². The number of aromatic nitrogens is 1. The molecule has 19 heavy (non-hydrogen) atoms. The third-order valence-corrected chi connectivity index (χ3v) is 3.98. The zero-order valence-corrected chi connectivity index (χ0v) is 12.9. The third kappa shape index (κ3) is 5.22. The van der Waals surface area contributed by atoms with Gasteiger partial charge in [0.25, 0.3) is 0 Å². The molecule has 0 fully saturated rings. The number of hydrogen-bond acceptors (Lipinski definition) is 1. The Hall–Kier alpha value is -1.05. The second-order valence-corrected chi connectivity index (χ2v) is 5.57. The molecule has 0 N–H and O–H groups in total. The van der Waals surface area contributed by atoms with Crippen molar-refractivity contribution in [2.24, 2.45) is 0 Å². The van der Waals surface area contributed by atoms with Crippen LogP contribution in [0.5, 0.6) is 0 Å². The molecule has 0 amide bonds. The first-order valence-corrected chi connectivity index (χ1v) is 7.82. The van der Waals surface area contributed by atoms with Gasteiger partial charge in [0.05, 0.1) is 0 Å². The molecule has 0 bridgehead atoms. The summed E-state index contributed by atoms with van der Waals surface area (Å²) in [6, 6.07) is 1.99. The lowest BCUT2D eigenvalue weighted by atomic mass is 10.1. The Kier molecular flexibility index (Phi) is 7.54. The van der Waals surface area contributed by atoms with Crippen molar-refractivity contribution in [3.63, 3.8) is 0 Å². The van der Waals surface area contributed by atoms with E-state index in [1.165, 1.54) is 57.1 Å². The number of carbonyl (C=O) groups excluding carboxylic acids is 1. The van der Waals surface area contributed by atoms with Crippen molar-refractivity contribution in [1.29, 1.82) is 0 Å². The molecule has 2 nitrogen and oxygen atoms in total. The maximum atomic E-state index is 10.9. The lowest BCUT2D eigenvalue weighted by Gasteiger charge is -2.09. The highest BCUT2D eigenvalue weighted by molar-refractivity contribution is 5.77. The molecule has 1 rings (SSSR count). The van der Waals surface area contributed by atoms with Gasteiger partial charge in [-0.3, -0.25) is 4.79 Å². The molecule has 108 valence electrons. The normalized spacial score (nSPS) is 10.9. The maximum Gasteiger partial charge on any atom is 0.151 e. The first kappa shape index (κ1) is 16.0. The van der Waals surface area contributed by atoms with Crippen molar-refractivity contribution in [2.45, 2.75) is 78.7 Å². The zero-order valence-electron chi connectivity index (χ0n) is 12.9. The fourth-order valence-corrected chi connectivity index (χ4v) is 2.69. The van der Waals surface area contributed by atoms with Crippen LogP contribution in [0.2, 0.25) is 0 Å². The molecule has 0 aliphatic carbocycles. The molecule has 1 aromatic rings. The lowest BCUT2D eigenvalue weighted by molar-refractivity contribution is 0.112. The minimum atomic E-state index is 0.845. The SMILES string of the molecule is CCCCCCCCCCn1c(C)cc(C=O)c1C. The van der Waals surface area contributed by atoms with Crippen LogP contribution in [-0.2, 0) is 6.54 Å². The van der Waals surface area contributed by atoms with Gasteiger partial charge in [-0.2, -0.15) is 0 Å². The van der Waals surface area contributed by atoms with Crippen LogP contribution < -0.4 is 0 Å². The van der Waals surface area contributed by atoms with Crippen LogP contribution in [0.3, 0.4) is 0 Å². The van der Waals surface area contributed by atoms with Crippen LogP contribution >= 0.6 is 0 Å². The van der Waals surface area contributed by atoms with Gasteiger partial charge < -0.3 is 4.57 Å². The second-order valence-electron chi connectivity index (χ2n) is 5.57. The highest BCUT2D eigenvalue weighted by atomic mass is 16.1. The summed E-state index contributed by atoms with van der Waals surface area (Å²) in [4.78, 5) is 10.9. The fraction of sp³-hybridized carbons (Fsp3) is 0.706. The fourth-order valence-electron chi connectivity index (χ4n) is 2.69. The van der Waals surface area contributed by atoms with Crippen LogP contribution in [0.1, 0.15) is 80.0 Å². The standard InChI is InChI=1S/C17H29NO/c1-4-5-6-7-8-9-10-11-12-18-15(2)13-17(14-19)16(18)3/h13-14H,4-12H2,1-3H3. The van der Waals surface area contributed by atoms with E-state index in [1.807, 2.05) is 13.0 Å². The molecule has 0 saturated carbocycles. The average molecular weight is 263 g/mol. The molecule has 1 aromatic heterocycles. The van der Waals surface area contributed by atoms with Crippen molar-refractivity contribution >= 4 is 6.29 Å². The van der Waals surface area contributed by atoms with E-state index in [0.29, 0.717) is 0 Å². The van der Waals surface area contributed by atoms with Crippen molar-refractivity contribution in [2.75, 3.05) is 0 Å². The molecule has 0 aliphatic rings. The van der Waals surface area contributed by atoms with Gasteiger partial charge in [-0.15, -0.1) is 0 Å². The highest BCUT2D eigenvalue weighted by Gasteiger charge is 2.07. The van der Waals surface area contributed by atoms with Gasteiger partial charge in [0.2, 0.25) is 0 Å². The van der Waals surface area contributed by atoms with Gasteiger partial charge in [-0.05, 0) is 26.3 Å². The minimum absolute atomic E-state index is 0.845. The summed E-state index contributed by atoms with van der Waals surface area (Å²) in [7, 11) is 0. The largest absolute Gasteiger partial charge is 0.348 e. The number of nitrogens with zero attached hydrogens (tertiary/aromatic N) is 1. The summed E-state index contributed by atoms with van der Waals surface area (Å²) < 4.78 is 2.28. The zero-order chi connectivity index (χ0) is 14.1. The van der Waals surface area contributed by atoms with Crippen molar-refractivity contribution < 1.29 is 4.79 Å². The van der Waals surface area contributed by atoms with Crippen LogP contribution in [0.15, 0.2) is 6.07 Å². The third-order valence-electron chi connectivity index (χ3n) is 3.98. The summed E-state index contributed by atoms with van der Waals surface area (Å²) in [5, 5.41) is 0. The van der Waals surface area contributed by atoms with E-state index in [2.05, 4.69) is 18.4 Å². The Balaban J connectivity index is 2.19. The molecule has 2 heteroatoms. The number of carbonyl (C=O) groups is 1. The first-order valence-electron chi connectivity index (χ1n) is 7.82. The molecule has 0 saturated heterocycles. The van der Waals surface area contributed by atoms with Gasteiger partial charge in [-0.1, -0.05) is 51.9 Å². The summed E-state index contributed by atoms with van der Waals surface area (Å²) in [5.41, 5.74) is 3.18. The maximum absolute atomic E-state index is 10.9. The molecular formula is C17H29NO. The van der Waals surface area contributed by atoms with Crippen LogP contribution in [0.25, 0.3) is 0 Å². The second kappa shape index (κ2) is 8.95. The first-order chi connectivity index (χ1) is 9.20. The van der Waals surface area contributed by atoms with Crippen LogP contribution in [0, 0.1) is 13.8 Å². The topological polar surface area (TPSA) is 22.0 Å². The number of aryl methyl sites for hydroxylation is 1. The number of aldehydes is 1. The number of rotatable bonds is 10. The quantitative estimate of drug-likeness (QED) is 0.427. The van der Waals surface area contributed by atoms with Crippen LogP contribution in [-0.4, -0.2) is 10.9 Å². The van der Waals surface area contributed by atoms with Gasteiger partial charge in [0, 0.05) is 23.5 Å². The molecule has 0 atom stereocenters. The number of hydrogen-bond donors (Lipinski definition) is 0. The number of unbranched alkanes of at least 4 members (excludes halogenated alkanes) is 7. The Morgan fingerprint density at radius 2 is 1.58 bits per heavy atom.